The molecule has 2 fully saturated rings. The molecular formula is C14H21NO3. The summed E-state index contributed by atoms with van der Waals surface area (Å²) in [4.78, 5) is 14.0. The Balaban J connectivity index is 1.54. The molecule has 18 heavy (non-hydrogen) atoms. The van der Waals surface area contributed by atoms with Crippen LogP contribution in [0.25, 0.3) is 0 Å². The SMILES string of the molecule is O=C(CC1=CCCC1)N1CC2C(C1)C2(CO)CO. The van der Waals surface area contributed by atoms with Gasteiger partial charge in [-0.1, -0.05) is 11.6 Å². The van der Waals surface area contributed by atoms with E-state index in [1.54, 1.807) is 0 Å². The van der Waals surface area contributed by atoms with Gasteiger partial charge in [0.25, 0.3) is 0 Å². The zero-order chi connectivity index (χ0) is 12.8. The molecule has 2 atom stereocenters. The molecule has 2 unspecified atom stereocenters. The predicted molar refractivity (Wildman–Crippen MR) is 66.7 cm³/mol. The topological polar surface area (TPSA) is 60.8 Å². The number of hydrogen-bond donors (Lipinski definition) is 2. The molecule has 1 amide bonds. The minimum Gasteiger partial charge on any atom is -0.396 e. The van der Waals surface area contributed by atoms with Crippen LogP contribution in [0, 0.1) is 17.3 Å². The van der Waals surface area contributed by atoms with Crippen molar-refractivity contribution < 1.29 is 15.0 Å². The van der Waals surface area contributed by atoms with Crippen molar-refractivity contribution >= 4 is 5.91 Å². The number of hydrogen-bond acceptors (Lipinski definition) is 3. The Kier molecular flexibility index (Phi) is 2.94. The van der Waals surface area contributed by atoms with E-state index >= 15 is 0 Å². The van der Waals surface area contributed by atoms with E-state index < -0.39 is 0 Å². The van der Waals surface area contributed by atoms with Crippen LogP contribution in [0.5, 0.6) is 0 Å². The molecule has 0 radical (unpaired) electrons. The first-order chi connectivity index (χ1) is 8.71. The van der Waals surface area contributed by atoms with Crippen molar-refractivity contribution in [1.82, 2.24) is 4.90 Å². The lowest BCUT2D eigenvalue weighted by atomic mass is 10.0. The van der Waals surface area contributed by atoms with Crippen LogP contribution < -0.4 is 0 Å². The summed E-state index contributed by atoms with van der Waals surface area (Å²) in [7, 11) is 0. The number of fused-ring (bicyclic) bond motifs is 1. The first-order valence-electron chi connectivity index (χ1n) is 6.88. The number of rotatable bonds is 4. The number of aliphatic hydroxyl groups is 2. The Morgan fingerprint density at radius 2 is 2.00 bits per heavy atom. The third-order valence-corrected chi connectivity index (χ3v) is 5.14. The molecule has 2 aliphatic carbocycles. The molecule has 0 aromatic heterocycles. The molecule has 0 aromatic rings. The van der Waals surface area contributed by atoms with Gasteiger partial charge in [0, 0.05) is 24.9 Å². The number of piperidine rings is 1. The van der Waals surface area contributed by atoms with Gasteiger partial charge in [-0.15, -0.1) is 0 Å². The van der Waals surface area contributed by atoms with E-state index in [0.29, 0.717) is 18.3 Å². The first kappa shape index (κ1) is 12.2. The summed E-state index contributed by atoms with van der Waals surface area (Å²) in [6, 6.07) is 0. The molecule has 1 saturated heterocycles. The summed E-state index contributed by atoms with van der Waals surface area (Å²) in [6.07, 6.45) is 6.15. The van der Waals surface area contributed by atoms with Crippen molar-refractivity contribution in [3.05, 3.63) is 11.6 Å². The summed E-state index contributed by atoms with van der Waals surface area (Å²) in [5, 5.41) is 18.7. The maximum absolute atomic E-state index is 12.1. The van der Waals surface area contributed by atoms with Crippen LogP contribution in [0.4, 0.5) is 0 Å². The fourth-order valence-corrected chi connectivity index (χ4v) is 3.76. The van der Waals surface area contributed by atoms with Gasteiger partial charge in [0.1, 0.15) is 0 Å². The van der Waals surface area contributed by atoms with Crippen molar-refractivity contribution in [3.63, 3.8) is 0 Å². The Bertz CT molecular complexity index is 373. The zero-order valence-electron chi connectivity index (χ0n) is 10.6. The molecule has 0 aromatic carbocycles. The smallest absolute Gasteiger partial charge is 0.226 e. The standard InChI is InChI=1S/C14H21NO3/c16-8-14(9-17)11-6-15(7-12(11)14)13(18)5-10-3-1-2-4-10/h3,11-12,16-17H,1-2,4-9H2. The largest absolute Gasteiger partial charge is 0.396 e. The quantitative estimate of drug-likeness (QED) is 0.717. The molecule has 0 spiro atoms. The van der Waals surface area contributed by atoms with Crippen molar-refractivity contribution in [2.45, 2.75) is 25.7 Å². The minimum absolute atomic E-state index is 0.0476. The number of carbonyl (C=O) groups is 1. The average Bonchev–Trinajstić information content (AvgIpc) is 2.85. The summed E-state index contributed by atoms with van der Waals surface area (Å²) < 4.78 is 0. The van der Waals surface area contributed by atoms with E-state index in [4.69, 9.17) is 0 Å². The average molecular weight is 251 g/mol. The van der Waals surface area contributed by atoms with Crippen LogP contribution in [-0.2, 0) is 4.79 Å². The van der Waals surface area contributed by atoms with Crippen LogP contribution in [0.2, 0.25) is 0 Å². The fraction of sp³-hybridized carbons (Fsp3) is 0.786. The number of carbonyl (C=O) groups excluding carboxylic acids is 1. The van der Waals surface area contributed by atoms with E-state index in [2.05, 4.69) is 6.08 Å². The van der Waals surface area contributed by atoms with Crippen molar-refractivity contribution in [1.29, 1.82) is 0 Å². The van der Waals surface area contributed by atoms with Crippen LogP contribution in [0.1, 0.15) is 25.7 Å². The van der Waals surface area contributed by atoms with Gasteiger partial charge >= 0.3 is 0 Å². The van der Waals surface area contributed by atoms with Gasteiger partial charge in [0.15, 0.2) is 0 Å². The van der Waals surface area contributed by atoms with E-state index in [-0.39, 0.29) is 24.5 Å². The van der Waals surface area contributed by atoms with Crippen LogP contribution in [0.15, 0.2) is 11.6 Å². The molecule has 2 N–H and O–H groups in total. The summed E-state index contributed by atoms with van der Waals surface area (Å²) >= 11 is 0. The second-order valence-corrected chi connectivity index (χ2v) is 5.99. The molecule has 3 rings (SSSR count). The monoisotopic (exact) mass is 251 g/mol. The highest BCUT2D eigenvalue weighted by Crippen LogP contribution is 2.62. The Hall–Kier alpha value is -0.870. The first-order valence-corrected chi connectivity index (χ1v) is 6.88. The fourth-order valence-electron chi connectivity index (χ4n) is 3.76. The maximum atomic E-state index is 12.1. The molecule has 4 nitrogen and oxygen atoms in total. The highest BCUT2D eigenvalue weighted by molar-refractivity contribution is 5.79. The lowest BCUT2D eigenvalue weighted by Gasteiger charge is -2.24. The molecule has 1 saturated carbocycles. The number of aliphatic hydroxyl groups excluding tert-OH is 2. The molecule has 0 bridgehead atoms. The third-order valence-electron chi connectivity index (χ3n) is 5.14. The minimum atomic E-state index is -0.288. The van der Waals surface area contributed by atoms with Gasteiger partial charge < -0.3 is 15.1 Å². The second kappa shape index (κ2) is 4.35. The molecular weight excluding hydrogens is 230 g/mol. The van der Waals surface area contributed by atoms with Gasteiger partial charge in [-0.2, -0.15) is 0 Å². The van der Waals surface area contributed by atoms with E-state index in [0.717, 1.165) is 25.9 Å². The van der Waals surface area contributed by atoms with Gasteiger partial charge in [-0.05, 0) is 31.1 Å². The van der Waals surface area contributed by atoms with Crippen molar-refractivity contribution in [3.8, 4) is 0 Å². The summed E-state index contributed by atoms with van der Waals surface area (Å²) in [6.45, 7) is 1.54. The Morgan fingerprint density at radius 1 is 1.33 bits per heavy atom. The van der Waals surface area contributed by atoms with Gasteiger partial charge in [0.05, 0.1) is 13.2 Å². The highest BCUT2D eigenvalue weighted by atomic mass is 16.3. The normalized spacial score (nSPS) is 32.3. The van der Waals surface area contributed by atoms with E-state index in [1.807, 2.05) is 4.90 Å². The van der Waals surface area contributed by atoms with Crippen LogP contribution >= 0.6 is 0 Å². The molecule has 1 aliphatic heterocycles. The molecule has 4 heteroatoms. The summed E-state index contributed by atoms with van der Waals surface area (Å²) in [5.41, 5.74) is 1.000. The Morgan fingerprint density at radius 3 is 2.50 bits per heavy atom. The maximum Gasteiger partial charge on any atom is 0.226 e. The van der Waals surface area contributed by atoms with Gasteiger partial charge in [0.2, 0.25) is 5.91 Å². The van der Waals surface area contributed by atoms with E-state index in [1.165, 1.54) is 12.0 Å². The Labute approximate surface area is 107 Å². The molecule has 3 aliphatic rings. The van der Waals surface area contributed by atoms with Crippen molar-refractivity contribution in [2.75, 3.05) is 26.3 Å². The van der Waals surface area contributed by atoms with Crippen LogP contribution in [-0.4, -0.2) is 47.3 Å². The molecule has 1 heterocycles. The zero-order valence-corrected chi connectivity index (χ0v) is 10.6. The predicted octanol–water partition coefficient (Wildman–Crippen LogP) is 0.546. The number of likely N-dealkylation sites (tertiary alicyclic amines) is 1. The van der Waals surface area contributed by atoms with Gasteiger partial charge in [-0.25, -0.2) is 0 Å². The second-order valence-electron chi connectivity index (χ2n) is 5.99. The number of amides is 1. The highest BCUT2D eigenvalue weighted by Gasteiger charge is 2.67. The lowest BCUT2D eigenvalue weighted by molar-refractivity contribution is -0.130. The van der Waals surface area contributed by atoms with E-state index in [9.17, 15) is 15.0 Å². The van der Waals surface area contributed by atoms with Crippen molar-refractivity contribution in [2.24, 2.45) is 17.3 Å². The molecule has 100 valence electrons. The van der Waals surface area contributed by atoms with Gasteiger partial charge in [-0.3, -0.25) is 4.79 Å². The lowest BCUT2D eigenvalue weighted by Crippen LogP contribution is -2.36. The number of allylic oxidation sites excluding steroid dienone is 1. The number of nitrogens with zero attached hydrogens (tertiary/aromatic N) is 1. The third kappa shape index (κ3) is 1.70. The van der Waals surface area contributed by atoms with Crippen LogP contribution in [0.3, 0.4) is 0 Å². The summed E-state index contributed by atoms with van der Waals surface area (Å²) in [5.74, 6) is 0.850.